The first-order valence-electron chi connectivity index (χ1n) is 15.2. The number of fused-ring (bicyclic) bond motifs is 2. The van der Waals surface area contributed by atoms with Crippen molar-refractivity contribution < 1.29 is 51.9 Å². The lowest BCUT2D eigenvalue weighted by atomic mass is 9.89. The lowest BCUT2D eigenvalue weighted by Crippen LogP contribution is -2.27. The van der Waals surface area contributed by atoms with Gasteiger partial charge in [-0.05, 0) is 54.7 Å². The van der Waals surface area contributed by atoms with Crippen LogP contribution in [-0.4, -0.2) is 38.4 Å². The molecule has 0 saturated heterocycles. The van der Waals surface area contributed by atoms with E-state index in [1.165, 1.54) is 24.3 Å². The summed E-state index contributed by atoms with van der Waals surface area (Å²) in [6.07, 6.45) is 4.72. The fourth-order valence-electron chi connectivity index (χ4n) is 4.11. The lowest BCUT2D eigenvalue weighted by molar-refractivity contribution is 0.0697. The van der Waals surface area contributed by atoms with Gasteiger partial charge < -0.3 is 24.5 Å². The number of nitrogens with one attached hydrogen (secondary N) is 1. The highest BCUT2D eigenvalue weighted by Crippen LogP contribution is 2.43. The van der Waals surface area contributed by atoms with Crippen molar-refractivity contribution in [3.63, 3.8) is 0 Å². The molecule has 1 amide bonds. The van der Waals surface area contributed by atoms with Gasteiger partial charge in [0.1, 0.15) is 11.3 Å². The molecule has 1 aliphatic heterocycles. The van der Waals surface area contributed by atoms with Crippen LogP contribution in [0.1, 0.15) is 75.6 Å². The highest BCUT2D eigenvalue weighted by molar-refractivity contribution is 7.46. The van der Waals surface area contributed by atoms with Gasteiger partial charge in [-0.3, -0.25) is 19.4 Å². The second-order valence-electron chi connectivity index (χ2n) is 10.4. The predicted molar refractivity (Wildman–Crippen MR) is 185 cm³/mol. The van der Waals surface area contributed by atoms with E-state index in [4.69, 9.17) is 14.2 Å². The minimum atomic E-state index is -4.27. The van der Waals surface area contributed by atoms with Crippen molar-refractivity contribution in [2.45, 2.75) is 54.9 Å². The number of phenolic OH excluding ortho intramolecular Hbond substituents is 1. The number of aromatic carboxylic acids is 1. The molecule has 2 aromatic carbocycles. The number of phosphoric ester groups is 1. The standard InChI is InChI=1S/C28H23F2NO6.C3H7O4P.2C2H6/c1-4-28(2,3)7-8-31-26(34)14-5-6-15(27(35)36)16(9-14)25-17-10-19(29)21(32)12-23(17)37-24-13-22(33)20(30)11-18(24)25;1-2-3-7-8(4,5)6;2*1-2/h4-6,9-13,32H,1,7-8H2,2-3H3,(H,31,34)(H,35,36);2-3H,1H3,(H2,4,5,6);2*1-2H3/b;3-2+;;. The second-order valence-corrected chi connectivity index (χ2v) is 11.6. The quantitative estimate of drug-likeness (QED) is 0.0492. The smallest absolute Gasteiger partial charge is 0.505 e. The first kappa shape index (κ1) is 42.2. The Hall–Kier alpha value is -4.84. The molecule has 1 aliphatic carbocycles. The van der Waals surface area contributed by atoms with Gasteiger partial charge in [0.2, 0.25) is 5.43 Å². The van der Waals surface area contributed by atoms with Gasteiger partial charge in [-0.1, -0.05) is 53.7 Å². The average Bonchev–Trinajstić information content (AvgIpc) is 3.05. The van der Waals surface area contributed by atoms with E-state index < -0.39 is 42.5 Å². The number of rotatable bonds is 9. The van der Waals surface area contributed by atoms with Crippen LogP contribution in [0, 0.1) is 17.0 Å². The van der Waals surface area contributed by atoms with Crippen molar-refractivity contribution in [2.75, 3.05) is 6.54 Å². The van der Waals surface area contributed by atoms with Crippen molar-refractivity contribution in [1.29, 1.82) is 0 Å². The van der Waals surface area contributed by atoms with Crippen molar-refractivity contribution >= 4 is 30.7 Å². The predicted octanol–water partition coefficient (Wildman–Crippen LogP) is 8.26. The summed E-state index contributed by atoms with van der Waals surface area (Å²) in [5.74, 6) is -4.84. The molecule has 266 valence electrons. The number of phosphoric acid groups is 1. The van der Waals surface area contributed by atoms with Crippen LogP contribution < -0.4 is 10.7 Å². The third-order valence-corrected chi connectivity index (χ3v) is 6.96. The van der Waals surface area contributed by atoms with Crippen LogP contribution in [0.5, 0.6) is 5.75 Å². The van der Waals surface area contributed by atoms with Crippen LogP contribution in [0.2, 0.25) is 0 Å². The Bertz CT molecular complexity index is 1880. The zero-order valence-electron chi connectivity index (χ0n) is 28.3. The largest absolute Gasteiger partial charge is 0.524 e. The SMILES string of the molecule is C/C=C/OP(=O)(O)O.C=CC(C)(C)CCNC(=O)c1ccc(C(=O)O)c(-c2c3cc(F)c(=O)cc-3oc3cc(O)c(F)cc23)c1.CC.CC. The summed E-state index contributed by atoms with van der Waals surface area (Å²) in [5.41, 5.74) is -1.42. The molecule has 1 heterocycles. The Morgan fingerprint density at radius 2 is 1.65 bits per heavy atom. The number of allylic oxidation sites excluding steroid dienone is 2. The monoisotopic (exact) mass is 705 g/mol. The maximum atomic E-state index is 14.4. The van der Waals surface area contributed by atoms with Crippen LogP contribution in [0.3, 0.4) is 0 Å². The van der Waals surface area contributed by atoms with Gasteiger partial charge in [0, 0.05) is 40.8 Å². The van der Waals surface area contributed by atoms with E-state index in [-0.39, 0.29) is 50.0 Å². The van der Waals surface area contributed by atoms with Crippen LogP contribution in [0.25, 0.3) is 33.4 Å². The number of carboxylic acids is 1. The molecular weight excluding hydrogens is 663 g/mol. The summed E-state index contributed by atoms with van der Waals surface area (Å²) in [5, 5.41) is 22.5. The number of carboxylic acid groups (broad SMARTS) is 1. The number of aromatic hydroxyl groups is 1. The molecule has 4 rings (SSSR count). The van der Waals surface area contributed by atoms with Crippen molar-refractivity contribution in [1.82, 2.24) is 5.32 Å². The highest BCUT2D eigenvalue weighted by Gasteiger charge is 2.25. The number of hydrogen-bond donors (Lipinski definition) is 5. The maximum Gasteiger partial charge on any atom is 0.524 e. The molecule has 0 aromatic heterocycles. The molecule has 0 spiro atoms. The van der Waals surface area contributed by atoms with Gasteiger partial charge in [-0.2, -0.15) is 0 Å². The number of carbonyl (C=O) groups excluding carboxylic acids is 1. The highest BCUT2D eigenvalue weighted by atomic mass is 31.2. The molecule has 0 radical (unpaired) electrons. The summed E-state index contributed by atoms with van der Waals surface area (Å²) in [6, 6.07) is 7.50. The van der Waals surface area contributed by atoms with Gasteiger partial charge in [0.25, 0.3) is 5.91 Å². The first-order valence-corrected chi connectivity index (χ1v) is 16.7. The van der Waals surface area contributed by atoms with E-state index in [0.717, 1.165) is 30.5 Å². The molecule has 5 N–H and O–H groups in total. The minimum absolute atomic E-state index is 0.00800. The Morgan fingerprint density at radius 3 is 2.18 bits per heavy atom. The van der Waals surface area contributed by atoms with Crippen LogP contribution in [-0.2, 0) is 9.09 Å². The summed E-state index contributed by atoms with van der Waals surface area (Å²) in [4.78, 5) is 53.0. The number of carbonyl (C=O) groups is 2. The van der Waals surface area contributed by atoms with Gasteiger partial charge in [-0.15, -0.1) is 6.58 Å². The molecule has 14 heteroatoms. The summed E-state index contributed by atoms with van der Waals surface area (Å²) in [7, 11) is -4.27. The van der Waals surface area contributed by atoms with E-state index in [1.54, 1.807) is 13.0 Å². The fraction of sp³-hybridized carbons (Fsp3) is 0.286. The van der Waals surface area contributed by atoms with Crippen molar-refractivity contribution in [3.05, 3.63) is 100 Å². The molecule has 0 unspecified atom stereocenters. The average molecular weight is 706 g/mol. The molecule has 0 bridgehead atoms. The zero-order valence-corrected chi connectivity index (χ0v) is 29.2. The van der Waals surface area contributed by atoms with Crippen LogP contribution in [0.15, 0.2) is 76.7 Å². The Morgan fingerprint density at radius 1 is 1.02 bits per heavy atom. The van der Waals surface area contributed by atoms with E-state index in [9.17, 15) is 37.9 Å². The summed E-state index contributed by atoms with van der Waals surface area (Å²) >= 11 is 0. The summed E-state index contributed by atoms with van der Waals surface area (Å²) < 4.78 is 48.1. The third-order valence-electron chi connectivity index (χ3n) is 6.56. The number of benzene rings is 3. The van der Waals surface area contributed by atoms with E-state index in [0.29, 0.717) is 13.0 Å². The molecule has 2 aromatic rings. The minimum Gasteiger partial charge on any atom is -0.505 e. The molecule has 0 atom stereocenters. The first-order chi connectivity index (χ1) is 23.0. The van der Waals surface area contributed by atoms with Gasteiger partial charge in [0.05, 0.1) is 11.8 Å². The number of hydrogen-bond acceptors (Lipinski definition) is 7. The third kappa shape index (κ3) is 11.7. The Balaban J connectivity index is 0.000000869. The summed E-state index contributed by atoms with van der Waals surface area (Å²) in [6.45, 7) is 17.6. The van der Waals surface area contributed by atoms with Gasteiger partial charge in [0.15, 0.2) is 17.4 Å². The molecule has 0 fully saturated rings. The maximum absolute atomic E-state index is 14.4. The van der Waals surface area contributed by atoms with Gasteiger partial charge >= 0.3 is 13.8 Å². The van der Waals surface area contributed by atoms with Crippen molar-refractivity contribution in [3.8, 4) is 28.2 Å². The Labute approximate surface area is 283 Å². The molecule has 0 saturated carbocycles. The molecule has 49 heavy (non-hydrogen) atoms. The van der Waals surface area contributed by atoms with E-state index in [2.05, 4.69) is 16.4 Å². The second kappa shape index (κ2) is 18.6. The van der Waals surface area contributed by atoms with Crippen LogP contribution >= 0.6 is 7.82 Å². The van der Waals surface area contributed by atoms with Gasteiger partial charge in [-0.25, -0.2) is 18.1 Å². The van der Waals surface area contributed by atoms with E-state index in [1.807, 2.05) is 41.5 Å². The molecular formula is C35H42F2NO10P. The number of amides is 1. The molecule has 2 aliphatic rings. The fourth-order valence-corrected chi connectivity index (χ4v) is 4.39. The lowest BCUT2D eigenvalue weighted by Gasteiger charge is -2.20. The van der Waals surface area contributed by atoms with Crippen LogP contribution in [0.4, 0.5) is 8.78 Å². The topological polar surface area (TPSA) is 184 Å². The number of halogens is 2. The zero-order chi connectivity index (χ0) is 37.7. The van der Waals surface area contributed by atoms with Crippen molar-refractivity contribution in [2.24, 2.45) is 5.41 Å². The Kier molecular flexibility index (Phi) is 16.0. The normalized spacial score (nSPS) is 11.0. The molecule has 11 nitrogen and oxygen atoms in total. The van der Waals surface area contributed by atoms with E-state index >= 15 is 0 Å². The number of phenols is 1.